The molecule has 3 rings (SSSR count). The van der Waals surface area contributed by atoms with E-state index in [1.165, 1.54) is 18.0 Å². The fraction of sp³-hybridized carbons (Fsp3) is 0.524. The van der Waals surface area contributed by atoms with Gasteiger partial charge in [-0.05, 0) is 32.3 Å². The van der Waals surface area contributed by atoms with E-state index >= 15 is 0 Å². The van der Waals surface area contributed by atoms with Crippen LogP contribution in [0.1, 0.15) is 44.6 Å². The Balaban J connectivity index is 0.00000320. The largest absolute Gasteiger partial charge is 0.357 e. The highest BCUT2D eigenvalue weighted by Crippen LogP contribution is 2.20. The van der Waals surface area contributed by atoms with Crippen LogP contribution < -0.4 is 10.6 Å². The van der Waals surface area contributed by atoms with Crippen LogP contribution >= 0.6 is 24.0 Å². The molecule has 2 aromatic rings. The van der Waals surface area contributed by atoms with Gasteiger partial charge in [0.2, 0.25) is 0 Å². The normalized spacial score (nSPS) is 20.1. The van der Waals surface area contributed by atoms with Gasteiger partial charge in [0, 0.05) is 44.1 Å². The number of imidazole rings is 1. The predicted molar refractivity (Wildman–Crippen MR) is 126 cm³/mol. The van der Waals surface area contributed by atoms with E-state index in [0.29, 0.717) is 24.6 Å². The van der Waals surface area contributed by atoms with Crippen molar-refractivity contribution in [3.63, 3.8) is 0 Å². The number of alkyl halides is 2. The highest BCUT2D eigenvalue weighted by atomic mass is 127. The van der Waals surface area contributed by atoms with Gasteiger partial charge in [-0.3, -0.25) is 9.47 Å². The predicted octanol–water partition coefficient (Wildman–Crippen LogP) is 4.00. The number of nitrogens with zero attached hydrogens (tertiary/aromatic N) is 4. The van der Waals surface area contributed by atoms with Crippen LogP contribution in [0, 0.1) is 0 Å². The minimum atomic E-state index is -2.60. The Morgan fingerprint density at radius 3 is 2.73 bits per heavy atom. The van der Waals surface area contributed by atoms with Crippen molar-refractivity contribution in [2.45, 2.75) is 58.4 Å². The number of hydrogen-bond donors (Lipinski definition) is 2. The molecule has 166 valence electrons. The smallest absolute Gasteiger partial charge is 0.319 e. The van der Waals surface area contributed by atoms with Gasteiger partial charge in [0.25, 0.3) is 0 Å². The number of halogens is 3. The first-order valence-electron chi connectivity index (χ1n) is 10.2. The fourth-order valence-corrected chi connectivity index (χ4v) is 3.71. The summed E-state index contributed by atoms with van der Waals surface area (Å²) in [5.74, 6) is 0.897. The van der Waals surface area contributed by atoms with Gasteiger partial charge in [0.15, 0.2) is 5.96 Å². The maximum atomic E-state index is 13.0. The zero-order valence-electron chi connectivity index (χ0n) is 17.5. The first-order chi connectivity index (χ1) is 14.1. The SMILES string of the molecule is CCNC(=NCc1nccn1C(F)F)NC1CCN(Cc2ccccc2)C(C)C1.I. The van der Waals surface area contributed by atoms with Gasteiger partial charge >= 0.3 is 6.55 Å². The lowest BCUT2D eigenvalue weighted by Crippen LogP contribution is -2.51. The number of nitrogens with one attached hydrogen (secondary N) is 2. The Bertz CT molecular complexity index is 783. The highest BCUT2D eigenvalue weighted by molar-refractivity contribution is 14.0. The van der Waals surface area contributed by atoms with Crippen LogP contribution in [0.3, 0.4) is 0 Å². The first-order valence-corrected chi connectivity index (χ1v) is 10.2. The van der Waals surface area contributed by atoms with Crippen molar-refractivity contribution in [2.24, 2.45) is 4.99 Å². The number of likely N-dealkylation sites (tertiary alicyclic amines) is 1. The lowest BCUT2D eigenvalue weighted by Gasteiger charge is -2.38. The molecule has 0 spiro atoms. The minimum Gasteiger partial charge on any atom is -0.357 e. The summed E-state index contributed by atoms with van der Waals surface area (Å²) in [5.41, 5.74) is 1.33. The molecule has 2 unspecified atom stereocenters. The van der Waals surface area contributed by atoms with Crippen molar-refractivity contribution in [3.8, 4) is 0 Å². The second kappa shape index (κ2) is 12.2. The molecule has 6 nitrogen and oxygen atoms in total. The Morgan fingerprint density at radius 1 is 1.30 bits per heavy atom. The molecule has 1 aromatic carbocycles. The molecular formula is C21H31F2IN6. The first kappa shape index (κ1) is 24.5. The summed E-state index contributed by atoms with van der Waals surface area (Å²) in [6, 6.07) is 11.3. The molecule has 1 saturated heterocycles. The lowest BCUT2D eigenvalue weighted by atomic mass is 9.97. The number of benzene rings is 1. The van der Waals surface area contributed by atoms with E-state index in [2.05, 4.69) is 56.7 Å². The minimum absolute atomic E-state index is 0. The van der Waals surface area contributed by atoms with Crippen LogP contribution in [0.2, 0.25) is 0 Å². The van der Waals surface area contributed by atoms with E-state index in [-0.39, 0.29) is 36.3 Å². The maximum absolute atomic E-state index is 13.0. The van der Waals surface area contributed by atoms with Crippen molar-refractivity contribution >= 4 is 29.9 Å². The summed E-state index contributed by atoms with van der Waals surface area (Å²) >= 11 is 0. The lowest BCUT2D eigenvalue weighted by molar-refractivity contribution is 0.0671. The van der Waals surface area contributed by atoms with Gasteiger partial charge in [0.1, 0.15) is 12.4 Å². The molecule has 9 heteroatoms. The Hall–Kier alpha value is -1.75. The summed E-state index contributed by atoms with van der Waals surface area (Å²) in [6.07, 6.45) is 4.66. The number of guanidine groups is 1. The van der Waals surface area contributed by atoms with E-state index in [0.717, 1.165) is 30.5 Å². The van der Waals surface area contributed by atoms with Crippen molar-refractivity contribution in [2.75, 3.05) is 13.1 Å². The molecule has 0 aliphatic carbocycles. The second-order valence-corrected chi connectivity index (χ2v) is 7.39. The molecule has 1 fully saturated rings. The second-order valence-electron chi connectivity index (χ2n) is 7.39. The molecule has 2 N–H and O–H groups in total. The molecule has 1 aliphatic heterocycles. The van der Waals surface area contributed by atoms with Gasteiger partial charge < -0.3 is 10.6 Å². The third-order valence-corrected chi connectivity index (χ3v) is 5.27. The van der Waals surface area contributed by atoms with E-state index in [9.17, 15) is 8.78 Å². The fourth-order valence-electron chi connectivity index (χ4n) is 3.71. The standard InChI is InChI=1S/C21H30F2N6.HI/c1-3-24-21(26-14-19-25-10-12-29(19)20(22)23)27-18-9-11-28(16(2)13-18)15-17-7-5-4-6-8-17;/h4-8,10,12,16,18,20H,3,9,11,13-15H2,1-2H3,(H2,24,26,27);1H. The van der Waals surface area contributed by atoms with E-state index in [4.69, 9.17) is 0 Å². The number of aromatic nitrogens is 2. The van der Waals surface area contributed by atoms with Crippen LogP contribution in [0.25, 0.3) is 0 Å². The number of rotatable bonds is 7. The quantitative estimate of drug-likeness (QED) is 0.322. The van der Waals surface area contributed by atoms with E-state index in [1.54, 1.807) is 0 Å². The van der Waals surface area contributed by atoms with Gasteiger partial charge in [0.05, 0.1) is 0 Å². The number of aliphatic imine (C=N–C) groups is 1. The molecule has 2 atom stereocenters. The third kappa shape index (κ3) is 6.90. The highest BCUT2D eigenvalue weighted by Gasteiger charge is 2.26. The van der Waals surface area contributed by atoms with E-state index in [1.807, 2.05) is 13.0 Å². The van der Waals surface area contributed by atoms with Gasteiger partial charge in [-0.1, -0.05) is 30.3 Å². The van der Waals surface area contributed by atoms with Crippen LogP contribution in [-0.4, -0.2) is 45.6 Å². The Kier molecular flexibility index (Phi) is 9.96. The number of hydrogen-bond acceptors (Lipinski definition) is 3. The monoisotopic (exact) mass is 532 g/mol. The molecule has 0 amide bonds. The van der Waals surface area contributed by atoms with Gasteiger partial charge in [-0.25, -0.2) is 9.98 Å². The Morgan fingerprint density at radius 2 is 2.07 bits per heavy atom. The van der Waals surface area contributed by atoms with Crippen molar-refractivity contribution < 1.29 is 8.78 Å². The van der Waals surface area contributed by atoms with E-state index < -0.39 is 6.55 Å². The van der Waals surface area contributed by atoms with Crippen molar-refractivity contribution in [1.82, 2.24) is 25.1 Å². The molecule has 1 aromatic heterocycles. The zero-order valence-corrected chi connectivity index (χ0v) is 19.8. The molecule has 30 heavy (non-hydrogen) atoms. The molecule has 1 aliphatic rings. The molecular weight excluding hydrogens is 501 g/mol. The summed E-state index contributed by atoms with van der Waals surface area (Å²) in [5, 5.41) is 6.68. The van der Waals surface area contributed by atoms with Gasteiger partial charge in [-0.2, -0.15) is 8.78 Å². The zero-order chi connectivity index (χ0) is 20.6. The van der Waals surface area contributed by atoms with Crippen molar-refractivity contribution in [3.05, 3.63) is 54.1 Å². The summed E-state index contributed by atoms with van der Waals surface area (Å²) < 4.78 is 26.8. The molecule has 0 radical (unpaired) electrons. The third-order valence-electron chi connectivity index (χ3n) is 5.27. The average Bonchev–Trinajstić information content (AvgIpc) is 3.18. The molecule has 0 saturated carbocycles. The van der Waals surface area contributed by atoms with Crippen LogP contribution in [-0.2, 0) is 13.1 Å². The molecule has 0 bridgehead atoms. The van der Waals surface area contributed by atoms with Crippen LogP contribution in [0.5, 0.6) is 0 Å². The number of piperidine rings is 1. The molecule has 2 heterocycles. The summed E-state index contributed by atoms with van der Waals surface area (Å²) in [6.45, 7) is 4.41. The van der Waals surface area contributed by atoms with Gasteiger partial charge in [-0.15, -0.1) is 24.0 Å². The summed E-state index contributed by atoms with van der Waals surface area (Å²) in [7, 11) is 0. The topological polar surface area (TPSA) is 57.5 Å². The maximum Gasteiger partial charge on any atom is 0.319 e. The Labute approximate surface area is 194 Å². The summed E-state index contributed by atoms with van der Waals surface area (Å²) in [4.78, 5) is 11.0. The average molecular weight is 532 g/mol. The van der Waals surface area contributed by atoms with Crippen LogP contribution in [0.15, 0.2) is 47.7 Å². The van der Waals surface area contributed by atoms with Crippen molar-refractivity contribution in [1.29, 1.82) is 0 Å². The van der Waals surface area contributed by atoms with Crippen LogP contribution in [0.4, 0.5) is 8.78 Å².